The molecule has 0 aliphatic heterocycles. The minimum atomic E-state index is -0.475. The topological polar surface area (TPSA) is 78.6 Å². The van der Waals surface area contributed by atoms with Gasteiger partial charge in [0, 0.05) is 16.8 Å². The molecule has 1 aromatic carbocycles. The highest BCUT2D eigenvalue weighted by atomic mass is 32.1. The van der Waals surface area contributed by atoms with Crippen molar-refractivity contribution in [3.63, 3.8) is 0 Å². The zero-order valence-electron chi connectivity index (χ0n) is 12.9. The molecule has 1 rings (SSSR count). The quantitative estimate of drug-likeness (QED) is 0.691. The zero-order valence-corrected chi connectivity index (χ0v) is 13.7. The van der Waals surface area contributed by atoms with Gasteiger partial charge in [0.25, 0.3) is 0 Å². The minimum Gasteiger partial charge on any atom is -0.394 e. The summed E-state index contributed by atoms with van der Waals surface area (Å²) in [7, 11) is 1.81. The first-order valence-corrected chi connectivity index (χ1v) is 7.14. The van der Waals surface area contributed by atoms with Crippen LogP contribution in [0.15, 0.2) is 24.3 Å². The number of thiocarbonyl (C=S) groups is 1. The molecule has 0 spiro atoms. The highest BCUT2D eigenvalue weighted by molar-refractivity contribution is 7.80. The number of hydrogen-bond acceptors (Lipinski definition) is 4. The molecular formula is C15H23N3O2S. The van der Waals surface area contributed by atoms with Gasteiger partial charge in [-0.25, -0.2) is 0 Å². The Morgan fingerprint density at radius 3 is 2.67 bits per heavy atom. The normalized spacial score (nSPS) is 13.0. The molecule has 0 bridgehead atoms. The lowest BCUT2D eigenvalue weighted by Crippen LogP contribution is -2.52. The molecule has 0 radical (unpaired) electrons. The number of rotatable bonds is 6. The van der Waals surface area contributed by atoms with Crippen molar-refractivity contribution in [2.24, 2.45) is 5.73 Å². The lowest BCUT2D eigenvalue weighted by atomic mass is 10.0. The van der Waals surface area contributed by atoms with Gasteiger partial charge in [0.2, 0.25) is 5.91 Å². The van der Waals surface area contributed by atoms with Crippen LogP contribution in [0.5, 0.6) is 0 Å². The van der Waals surface area contributed by atoms with Crippen LogP contribution in [0, 0.1) is 0 Å². The first kappa shape index (κ1) is 17.6. The van der Waals surface area contributed by atoms with Crippen molar-refractivity contribution in [3.05, 3.63) is 29.8 Å². The van der Waals surface area contributed by atoms with E-state index in [9.17, 15) is 9.90 Å². The van der Waals surface area contributed by atoms with Gasteiger partial charge >= 0.3 is 0 Å². The maximum atomic E-state index is 12.3. The van der Waals surface area contributed by atoms with E-state index in [1.165, 1.54) is 0 Å². The van der Waals surface area contributed by atoms with Gasteiger partial charge in [-0.1, -0.05) is 24.4 Å². The Kier molecular flexibility index (Phi) is 5.83. The van der Waals surface area contributed by atoms with Crippen molar-refractivity contribution in [2.45, 2.75) is 32.4 Å². The fourth-order valence-electron chi connectivity index (χ4n) is 1.81. The molecule has 0 aliphatic carbocycles. The second kappa shape index (κ2) is 6.98. The Morgan fingerprint density at radius 1 is 1.52 bits per heavy atom. The van der Waals surface area contributed by atoms with E-state index < -0.39 is 5.54 Å². The van der Waals surface area contributed by atoms with Gasteiger partial charge < -0.3 is 16.2 Å². The second-order valence-corrected chi connectivity index (χ2v) is 6.13. The highest BCUT2D eigenvalue weighted by Crippen LogP contribution is 2.17. The fourth-order valence-corrected chi connectivity index (χ4v) is 1.94. The average Bonchev–Trinajstić information content (AvgIpc) is 2.45. The number of nitrogens with zero attached hydrogens (tertiary/aromatic N) is 1. The molecule has 116 valence electrons. The maximum Gasteiger partial charge on any atom is 0.241 e. The van der Waals surface area contributed by atoms with Crippen molar-refractivity contribution in [2.75, 3.05) is 19.0 Å². The molecule has 0 heterocycles. The van der Waals surface area contributed by atoms with Crippen LogP contribution >= 0.6 is 12.2 Å². The summed E-state index contributed by atoms with van der Waals surface area (Å²) in [4.78, 5) is 14.4. The summed E-state index contributed by atoms with van der Waals surface area (Å²) in [6, 6.07) is 6.72. The van der Waals surface area contributed by atoms with Crippen LogP contribution < -0.4 is 11.1 Å². The number of amides is 1. The molecule has 4 N–H and O–H groups in total. The van der Waals surface area contributed by atoms with Gasteiger partial charge in [-0.15, -0.1) is 0 Å². The van der Waals surface area contributed by atoms with Crippen LogP contribution in [-0.4, -0.2) is 46.1 Å². The molecule has 0 aliphatic rings. The molecule has 0 saturated heterocycles. The van der Waals surface area contributed by atoms with Gasteiger partial charge in [-0.2, -0.15) is 0 Å². The summed E-state index contributed by atoms with van der Waals surface area (Å²) in [6.45, 7) is 5.52. The van der Waals surface area contributed by atoms with Crippen molar-refractivity contribution < 1.29 is 9.90 Å². The summed E-state index contributed by atoms with van der Waals surface area (Å²) < 4.78 is 0. The van der Waals surface area contributed by atoms with E-state index >= 15 is 0 Å². The predicted octanol–water partition coefficient (Wildman–Crippen LogP) is 1.35. The molecule has 6 heteroatoms. The summed E-state index contributed by atoms with van der Waals surface area (Å²) >= 11 is 4.92. The molecule has 0 fully saturated rings. The van der Waals surface area contributed by atoms with Crippen molar-refractivity contribution in [1.82, 2.24) is 4.90 Å². The molecule has 5 nitrogen and oxygen atoms in total. The number of aliphatic hydroxyl groups excluding tert-OH is 1. The highest BCUT2D eigenvalue weighted by Gasteiger charge is 2.30. The Balaban J connectivity index is 2.81. The van der Waals surface area contributed by atoms with Crippen molar-refractivity contribution in [3.8, 4) is 0 Å². The molecule has 1 unspecified atom stereocenters. The molecule has 1 amide bonds. The van der Waals surface area contributed by atoms with Crippen LogP contribution in [-0.2, 0) is 4.79 Å². The van der Waals surface area contributed by atoms with E-state index in [1.54, 1.807) is 31.2 Å². The maximum absolute atomic E-state index is 12.3. The molecule has 1 aromatic rings. The van der Waals surface area contributed by atoms with Gasteiger partial charge in [-0.3, -0.25) is 9.69 Å². The van der Waals surface area contributed by atoms with Crippen LogP contribution in [0.2, 0.25) is 0 Å². The third kappa shape index (κ3) is 4.49. The van der Waals surface area contributed by atoms with Crippen molar-refractivity contribution >= 4 is 28.8 Å². The first-order chi connectivity index (χ1) is 9.69. The van der Waals surface area contributed by atoms with E-state index in [-0.39, 0.29) is 23.5 Å². The number of carbonyl (C=O) groups excluding carboxylic acids is 1. The van der Waals surface area contributed by atoms with Gasteiger partial charge in [0.15, 0.2) is 0 Å². The molecule has 21 heavy (non-hydrogen) atoms. The monoisotopic (exact) mass is 309 g/mol. The second-order valence-electron chi connectivity index (χ2n) is 5.69. The largest absolute Gasteiger partial charge is 0.394 e. The molecule has 0 saturated carbocycles. The van der Waals surface area contributed by atoms with Gasteiger partial charge in [0.1, 0.15) is 4.99 Å². The molecule has 1 atom stereocenters. The van der Waals surface area contributed by atoms with Crippen LogP contribution in [0.1, 0.15) is 26.3 Å². The third-order valence-electron chi connectivity index (χ3n) is 3.72. The number of hydrogen-bond donors (Lipinski definition) is 3. The molecule has 0 aromatic heterocycles. The third-order valence-corrected chi connectivity index (χ3v) is 3.95. The van der Waals surface area contributed by atoms with E-state index in [1.807, 2.05) is 25.8 Å². The summed E-state index contributed by atoms with van der Waals surface area (Å²) in [5.74, 6) is -0.154. The smallest absolute Gasteiger partial charge is 0.241 e. The SMILES string of the molecule is CC(C(=O)Nc1cccc(C(N)=S)c1)N(C)C(C)(C)CO. The van der Waals surface area contributed by atoms with Crippen LogP contribution in [0.3, 0.4) is 0 Å². The lowest BCUT2D eigenvalue weighted by molar-refractivity contribution is -0.122. The van der Waals surface area contributed by atoms with Gasteiger partial charge in [0.05, 0.1) is 12.6 Å². The predicted molar refractivity (Wildman–Crippen MR) is 89.3 cm³/mol. The summed E-state index contributed by atoms with van der Waals surface area (Å²) in [5.41, 5.74) is 6.46. The Labute approximate surface area is 131 Å². The zero-order chi connectivity index (χ0) is 16.2. The Hall–Kier alpha value is -1.50. The number of benzene rings is 1. The summed E-state index contributed by atoms with van der Waals surface area (Å²) in [5, 5.41) is 12.2. The fraction of sp³-hybridized carbons (Fsp3) is 0.467. The number of nitrogens with one attached hydrogen (secondary N) is 1. The first-order valence-electron chi connectivity index (χ1n) is 6.73. The van der Waals surface area contributed by atoms with E-state index in [4.69, 9.17) is 18.0 Å². The van der Waals surface area contributed by atoms with Crippen LogP contribution in [0.4, 0.5) is 5.69 Å². The Morgan fingerprint density at radius 2 is 2.14 bits per heavy atom. The van der Waals surface area contributed by atoms with Gasteiger partial charge in [-0.05, 0) is 40.0 Å². The average molecular weight is 309 g/mol. The number of carbonyl (C=O) groups is 1. The number of anilines is 1. The van der Waals surface area contributed by atoms with Crippen molar-refractivity contribution in [1.29, 1.82) is 0 Å². The van der Waals surface area contributed by atoms with E-state index in [2.05, 4.69) is 5.32 Å². The van der Waals surface area contributed by atoms with E-state index in [0.29, 0.717) is 11.3 Å². The number of nitrogens with two attached hydrogens (primary N) is 1. The summed E-state index contributed by atoms with van der Waals surface area (Å²) in [6.07, 6.45) is 0. The standard InChI is InChI=1S/C15H23N3O2S/c1-10(18(4)15(2,3)9-19)14(20)17-12-7-5-6-11(8-12)13(16)21/h5-8,10,19H,9H2,1-4H3,(H2,16,21)(H,17,20). The lowest BCUT2D eigenvalue weighted by Gasteiger charge is -2.37. The number of likely N-dealkylation sites (N-methyl/N-ethyl adjacent to an activating group) is 1. The minimum absolute atomic E-state index is 0.0297. The number of aliphatic hydroxyl groups is 1. The Bertz CT molecular complexity index is 531. The molecular weight excluding hydrogens is 286 g/mol. The van der Waals surface area contributed by atoms with E-state index in [0.717, 1.165) is 0 Å². The van der Waals surface area contributed by atoms with Crippen LogP contribution in [0.25, 0.3) is 0 Å².